The summed E-state index contributed by atoms with van der Waals surface area (Å²) in [6.45, 7) is 5.92. The van der Waals surface area contributed by atoms with E-state index in [2.05, 4.69) is 17.1 Å². The van der Waals surface area contributed by atoms with E-state index in [0.29, 0.717) is 6.54 Å². The summed E-state index contributed by atoms with van der Waals surface area (Å²) in [6, 6.07) is 0.286. The Morgan fingerprint density at radius 2 is 2.29 bits per heavy atom. The van der Waals surface area contributed by atoms with Crippen LogP contribution in [0.2, 0.25) is 0 Å². The predicted molar refractivity (Wildman–Crippen MR) is 63.7 cm³/mol. The summed E-state index contributed by atoms with van der Waals surface area (Å²) in [7, 11) is 0. The number of nitrogens with one attached hydrogen (secondary N) is 2. The highest BCUT2D eigenvalue weighted by molar-refractivity contribution is 5.71. The van der Waals surface area contributed by atoms with Crippen LogP contribution in [0.5, 0.6) is 0 Å². The van der Waals surface area contributed by atoms with Crippen molar-refractivity contribution in [2.45, 2.75) is 13.0 Å². The van der Waals surface area contributed by atoms with Crippen molar-refractivity contribution in [2.75, 3.05) is 32.8 Å². The average Bonchev–Trinajstić information content (AvgIpc) is 2.35. The predicted octanol–water partition coefficient (Wildman–Crippen LogP) is 0.0644. The third kappa shape index (κ3) is 4.49. The van der Waals surface area contributed by atoms with Gasteiger partial charge in [-0.25, -0.2) is 0 Å². The molecule has 7 heteroatoms. The van der Waals surface area contributed by atoms with Gasteiger partial charge in [-0.05, 0) is 6.92 Å². The summed E-state index contributed by atoms with van der Waals surface area (Å²) < 4.78 is 5.25. The van der Waals surface area contributed by atoms with Crippen molar-refractivity contribution in [1.82, 2.24) is 10.2 Å². The standard InChI is InChI=1S/C10H18N4O3/c1-9(13-2-4-17-5-3-13)7-12-8-10(6-11)14(15)16/h6,8-9,11-12H,2-5,7H2,1H3/b10-8+,11-6?. The second-order valence-electron chi connectivity index (χ2n) is 3.88. The number of rotatable bonds is 6. The van der Waals surface area contributed by atoms with Crippen LogP contribution in [-0.4, -0.2) is 54.9 Å². The minimum absolute atomic E-state index is 0.237. The third-order valence-corrected chi connectivity index (χ3v) is 2.69. The number of allylic oxidation sites excluding steroid dienone is 1. The number of nitro groups is 1. The highest BCUT2D eigenvalue weighted by Gasteiger charge is 2.16. The summed E-state index contributed by atoms with van der Waals surface area (Å²) in [4.78, 5) is 12.1. The first-order valence-corrected chi connectivity index (χ1v) is 5.55. The molecular formula is C10H18N4O3. The van der Waals surface area contributed by atoms with E-state index in [1.165, 1.54) is 6.20 Å². The molecule has 17 heavy (non-hydrogen) atoms. The van der Waals surface area contributed by atoms with E-state index in [9.17, 15) is 10.1 Å². The van der Waals surface area contributed by atoms with Gasteiger partial charge in [-0.2, -0.15) is 0 Å². The smallest absolute Gasteiger partial charge is 0.302 e. The van der Waals surface area contributed by atoms with Gasteiger partial charge in [0.05, 0.1) is 30.6 Å². The first-order valence-electron chi connectivity index (χ1n) is 5.55. The molecule has 2 N–H and O–H groups in total. The fourth-order valence-electron chi connectivity index (χ4n) is 1.63. The Balaban J connectivity index is 2.34. The van der Waals surface area contributed by atoms with Crippen LogP contribution in [0.1, 0.15) is 6.92 Å². The summed E-state index contributed by atoms with van der Waals surface area (Å²) in [5.41, 5.74) is -0.237. The quantitative estimate of drug-likeness (QED) is 0.390. The fraction of sp³-hybridized carbons (Fsp3) is 0.700. The average molecular weight is 242 g/mol. The SMILES string of the molecule is CC(CN/C=C(\C=N)[N+](=O)[O-])N1CCOCC1. The Kier molecular flexibility index (Phi) is 5.58. The second kappa shape index (κ2) is 6.97. The molecule has 0 aliphatic carbocycles. The Bertz CT molecular complexity index is 300. The maximum atomic E-state index is 10.4. The number of ether oxygens (including phenoxy) is 1. The molecule has 0 amide bonds. The molecular weight excluding hydrogens is 224 g/mol. The molecule has 0 spiro atoms. The van der Waals surface area contributed by atoms with Gasteiger partial charge in [0, 0.05) is 25.7 Å². The van der Waals surface area contributed by atoms with E-state index in [-0.39, 0.29) is 11.7 Å². The third-order valence-electron chi connectivity index (χ3n) is 2.69. The Labute approximate surface area is 100 Å². The van der Waals surface area contributed by atoms with Crippen LogP contribution >= 0.6 is 0 Å². The van der Waals surface area contributed by atoms with Crippen LogP contribution in [0.4, 0.5) is 0 Å². The molecule has 1 heterocycles. The molecule has 0 aromatic heterocycles. The van der Waals surface area contributed by atoms with Gasteiger partial charge in [-0.3, -0.25) is 15.0 Å². The van der Waals surface area contributed by atoms with Crippen molar-refractivity contribution in [3.63, 3.8) is 0 Å². The Morgan fingerprint density at radius 3 is 2.82 bits per heavy atom. The number of morpholine rings is 1. The maximum Gasteiger partial charge on any atom is 0.302 e. The van der Waals surface area contributed by atoms with Gasteiger partial charge in [-0.1, -0.05) is 0 Å². The van der Waals surface area contributed by atoms with E-state index >= 15 is 0 Å². The molecule has 0 aromatic rings. The molecule has 0 radical (unpaired) electrons. The molecule has 1 atom stereocenters. The van der Waals surface area contributed by atoms with Crippen LogP contribution in [0.25, 0.3) is 0 Å². The lowest BCUT2D eigenvalue weighted by molar-refractivity contribution is -0.414. The monoisotopic (exact) mass is 242 g/mol. The first-order chi connectivity index (χ1) is 8.15. The van der Waals surface area contributed by atoms with E-state index in [4.69, 9.17) is 10.1 Å². The molecule has 7 nitrogen and oxygen atoms in total. The van der Waals surface area contributed by atoms with Gasteiger partial charge in [0.25, 0.3) is 0 Å². The van der Waals surface area contributed by atoms with Gasteiger partial charge in [-0.15, -0.1) is 0 Å². The van der Waals surface area contributed by atoms with Crippen LogP contribution < -0.4 is 5.32 Å². The van der Waals surface area contributed by atoms with E-state index in [1.54, 1.807) is 0 Å². The molecule has 0 saturated carbocycles. The van der Waals surface area contributed by atoms with E-state index < -0.39 is 4.92 Å². The largest absolute Gasteiger partial charge is 0.384 e. The zero-order valence-electron chi connectivity index (χ0n) is 9.89. The summed E-state index contributed by atoms with van der Waals surface area (Å²) in [5, 5.41) is 20.2. The van der Waals surface area contributed by atoms with Crippen LogP contribution in [0.15, 0.2) is 11.9 Å². The molecule has 0 bridgehead atoms. The van der Waals surface area contributed by atoms with Crippen molar-refractivity contribution in [1.29, 1.82) is 5.41 Å². The normalized spacial score (nSPS) is 19.7. The number of nitrogens with zero attached hydrogens (tertiary/aromatic N) is 2. The molecule has 1 fully saturated rings. The zero-order chi connectivity index (χ0) is 12.7. The van der Waals surface area contributed by atoms with E-state index in [0.717, 1.165) is 32.5 Å². The highest BCUT2D eigenvalue weighted by atomic mass is 16.6. The lowest BCUT2D eigenvalue weighted by Crippen LogP contribution is -2.45. The van der Waals surface area contributed by atoms with Crippen LogP contribution in [0, 0.1) is 15.5 Å². The van der Waals surface area contributed by atoms with Gasteiger partial charge >= 0.3 is 5.70 Å². The molecule has 96 valence electrons. The van der Waals surface area contributed by atoms with Crippen molar-refractivity contribution < 1.29 is 9.66 Å². The second-order valence-corrected chi connectivity index (χ2v) is 3.88. The number of hydrogen-bond acceptors (Lipinski definition) is 6. The van der Waals surface area contributed by atoms with Crippen LogP contribution in [-0.2, 0) is 4.74 Å². The first kappa shape index (κ1) is 13.6. The zero-order valence-corrected chi connectivity index (χ0v) is 9.89. The van der Waals surface area contributed by atoms with E-state index in [1.807, 2.05) is 0 Å². The van der Waals surface area contributed by atoms with Gasteiger partial charge in [0.15, 0.2) is 0 Å². The molecule has 0 aromatic carbocycles. The molecule has 1 unspecified atom stereocenters. The van der Waals surface area contributed by atoms with Crippen molar-refractivity contribution in [3.8, 4) is 0 Å². The minimum atomic E-state index is -0.584. The van der Waals surface area contributed by atoms with Gasteiger partial charge in [0.1, 0.15) is 0 Å². The lowest BCUT2D eigenvalue weighted by atomic mass is 10.2. The van der Waals surface area contributed by atoms with Crippen molar-refractivity contribution in [3.05, 3.63) is 22.0 Å². The van der Waals surface area contributed by atoms with Gasteiger partial charge in [0.2, 0.25) is 0 Å². The Hall–Kier alpha value is -1.47. The maximum absolute atomic E-state index is 10.4. The van der Waals surface area contributed by atoms with Crippen molar-refractivity contribution in [2.24, 2.45) is 0 Å². The fourth-order valence-corrected chi connectivity index (χ4v) is 1.63. The van der Waals surface area contributed by atoms with Crippen molar-refractivity contribution >= 4 is 6.21 Å². The Morgan fingerprint density at radius 1 is 1.65 bits per heavy atom. The number of hydrogen-bond donors (Lipinski definition) is 2. The van der Waals surface area contributed by atoms with Gasteiger partial charge < -0.3 is 15.5 Å². The highest BCUT2D eigenvalue weighted by Crippen LogP contribution is 2.02. The summed E-state index contributed by atoms with van der Waals surface area (Å²) in [5.74, 6) is 0. The molecule has 1 rings (SSSR count). The lowest BCUT2D eigenvalue weighted by Gasteiger charge is -2.32. The molecule has 1 aliphatic heterocycles. The molecule has 1 saturated heterocycles. The minimum Gasteiger partial charge on any atom is -0.384 e. The molecule has 1 aliphatic rings. The topological polar surface area (TPSA) is 91.5 Å². The van der Waals surface area contributed by atoms with Crippen LogP contribution in [0.3, 0.4) is 0 Å². The summed E-state index contributed by atoms with van der Waals surface area (Å²) in [6.07, 6.45) is 2.00. The summed E-state index contributed by atoms with van der Waals surface area (Å²) >= 11 is 0.